The average Bonchev–Trinajstić information content (AvgIpc) is 4.22. The van der Waals surface area contributed by atoms with Crippen molar-refractivity contribution >= 4 is 66.8 Å². The zero-order chi connectivity index (χ0) is 59.3. The van der Waals surface area contributed by atoms with Crippen LogP contribution in [0.1, 0.15) is 115 Å². The number of nitrogens with zero attached hydrogens (tertiary/aromatic N) is 1. The Balaban J connectivity index is 0.000000348. The highest BCUT2D eigenvalue weighted by Crippen LogP contribution is 2.38. The van der Waals surface area contributed by atoms with E-state index >= 15 is 0 Å². The highest BCUT2D eigenvalue weighted by atomic mass is 32.2. The SMILES string of the molecule is CCC(=O)C[C@@H](Cc1ccc(OP(=O)(O)O)cc1)C(=O)N[C@H]1CCCCC2CC[C@@H](C(=O)N[C@@H](CCC(N)=O)C(=O)NCc3ccccc3)N2C1=O.CCOCCOCCOCCOCCNC(=O)CCCCC1SCC2NC(=O)NC21. The highest BCUT2D eigenvalue weighted by Gasteiger charge is 2.45. The van der Waals surface area contributed by atoms with E-state index in [0.717, 1.165) is 37.0 Å². The molecule has 4 aliphatic rings. The van der Waals surface area contributed by atoms with Crippen LogP contribution in [0.2, 0.25) is 0 Å². The first kappa shape index (κ1) is 67.1. The molecule has 4 heterocycles. The predicted octanol–water partition coefficient (Wildman–Crippen LogP) is 3.09. The third-order valence-corrected chi connectivity index (χ3v) is 16.4. The van der Waals surface area contributed by atoms with Gasteiger partial charge in [0, 0.05) is 68.3 Å². The number of hydrogen-bond donors (Lipinski definition) is 9. The van der Waals surface area contributed by atoms with Gasteiger partial charge in [0.25, 0.3) is 0 Å². The Hall–Kier alpha value is -5.66. The van der Waals surface area contributed by atoms with Gasteiger partial charge in [-0.15, -0.1) is 0 Å². The maximum atomic E-state index is 14.2. The van der Waals surface area contributed by atoms with Gasteiger partial charge in [0.15, 0.2) is 0 Å². The standard InChI is InChI=1S/C36H48N5O10P.C20H37N3O6S/c1-2-27(42)21-25(20-23-12-15-28(16-13-23)51-52(48,49)50)33(44)40-30-11-7-6-10-26-14-18-31(41(26)36(30)47)35(46)39-29(17-19-32(37)43)34(45)38-22-24-8-4-3-5-9-24;1-2-26-9-10-28-13-14-29-12-11-27-8-7-21-18(24)6-4-3-5-17-19-16(15-30-17)22-20(25)23-19/h3-5,8-9,12-13,15-16,25-26,29-31H,2,6-7,10-11,14,17-22H2,1H3,(H2,37,43)(H,38,45)(H,39,46)(H,40,44)(H2,48,49,50);16-17,19H,2-15H2,1H3,(H,21,24)(H2,22,23,25)/t25-,26?,29+,30+,31+;/m1./s1. The van der Waals surface area contributed by atoms with E-state index in [1.54, 1.807) is 19.1 Å². The van der Waals surface area contributed by atoms with Crippen LogP contribution in [0, 0.1) is 5.92 Å². The minimum absolute atomic E-state index is 0.0260. The van der Waals surface area contributed by atoms with Gasteiger partial charge >= 0.3 is 13.9 Å². The number of ether oxygens (including phenoxy) is 4. The molecule has 4 unspecified atom stereocenters. The van der Waals surface area contributed by atoms with E-state index in [4.69, 9.17) is 34.5 Å². The number of phosphoric acid groups is 1. The van der Waals surface area contributed by atoms with Gasteiger partial charge in [-0.1, -0.05) is 68.7 Å². The number of carbonyl (C=O) groups is 8. The number of phosphoric ester groups is 1. The van der Waals surface area contributed by atoms with Gasteiger partial charge in [-0.25, -0.2) is 9.36 Å². The fourth-order valence-electron chi connectivity index (χ4n) is 10.2. The normalized spacial score (nSPS) is 21.0. The van der Waals surface area contributed by atoms with Crippen LogP contribution in [0.25, 0.3) is 0 Å². The van der Waals surface area contributed by atoms with Crippen molar-refractivity contribution in [2.45, 2.75) is 158 Å². The van der Waals surface area contributed by atoms with Crippen LogP contribution in [-0.4, -0.2) is 169 Å². The lowest BCUT2D eigenvalue weighted by molar-refractivity contribution is -0.145. The minimum Gasteiger partial charge on any atom is -0.404 e. The smallest absolute Gasteiger partial charge is 0.404 e. The van der Waals surface area contributed by atoms with Crippen LogP contribution in [0.3, 0.4) is 0 Å². The second kappa shape index (κ2) is 36.1. The number of hydrogen-bond acceptors (Lipinski definition) is 15. The molecule has 2 aromatic carbocycles. The van der Waals surface area contributed by atoms with Gasteiger partial charge in [-0.3, -0.25) is 43.3 Å². The second-order valence-electron chi connectivity index (χ2n) is 20.6. The van der Waals surface area contributed by atoms with Gasteiger partial charge in [-0.2, -0.15) is 11.8 Å². The van der Waals surface area contributed by atoms with Crippen molar-refractivity contribution in [3.05, 3.63) is 65.7 Å². The van der Waals surface area contributed by atoms with Crippen LogP contribution in [-0.2, 0) is 70.0 Å². The molecule has 0 bridgehead atoms. The van der Waals surface area contributed by atoms with Crippen LogP contribution in [0.15, 0.2) is 54.6 Å². The zero-order valence-electron chi connectivity index (χ0n) is 47.2. The summed E-state index contributed by atoms with van der Waals surface area (Å²) < 4.78 is 37.1. The number of nitrogens with two attached hydrogens (primary N) is 1. The number of benzene rings is 2. The molecular weight excluding hydrogens is 1100 g/mol. The molecule has 82 heavy (non-hydrogen) atoms. The second-order valence-corrected chi connectivity index (χ2v) is 23.0. The topological polar surface area (TPSA) is 342 Å². The summed E-state index contributed by atoms with van der Waals surface area (Å²) in [5, 5.41) is 17.7. The molecule has 456 valence electrons. The number of nitrogens with one attached hydrogen (secondary N) is 6. The van der Waals surface area contributed by atoms with E-state index in [1.165, 1.54) is 17.0 Å². The predicted molar refractivity (Wildman–Crippen MR) is 305 cm³/mol. The van der Waals surface area contributed by atoms with E-state index in [9.17, 15) is 42.9 Å². The molecule has 2 aromatic rings. The Bertz CT molecular complexity index is 2410. The van der Waals surface area contributed by atoms with E-state index in [0.29, 0.717) is 109 Å². The van der Waals surface area contributed by atoms with E-state index in [1.807, 2.05) is 49.0 Å². The summed E-state index contributed by atoms with van der Waals surface area (Å²) in [6.45, 7) is 8.86. The number of amides is 8. The summed E-state index contributed by atoms with van der Waals surface area (Å²) in [6, 6.07) is 12.3. The number of primary amides is 1. The van der Waals surface area contributed by atoms with E-state index < -0.39 is 61.4 Å². The molecule has 0 saturated carbocycles. The first-order valence-electron chi connectivity index (χ1n) is 28.6. The summed E-state index contributed by atoms with van der Waals surface area (Å²) in [4.78, 5) is 122. The summed E-state index contributed by atoms with van der Waals surface area (Å²) in [7, 11) is -4.76. The van der Waals surface area contributed by atoms with Crippen LogP contribution < -0.4 is 42.2 Å². The molecule has 0 spiro atoms. The summed E-state index contributed by atoms with van der Waals surface area (Å²) in [6.07, 6.45) is 6.83. The third kappa shape index (κ3) is 24.3. The number of thioether (sulfide) groups is 1. The number of fused-ring (bicyclic) bond motifs is 2. The molecule has 8 atom stereocenters. The van der Waals surface area contributed by atoms with Crippen molar-refractivity contribution in [3.8, 4) is 5.75 Å². The molecule has 24 nitrogen and oxygen atoms in total. The fourth-order valence-corrected chi connectivity index (χ4v) is 12.1. The van der Waals surface area contributed by atoms with E-state index in [2.05, 4.69) is 36.4 Å². The maximum Gasteiger partial charge on any atom is 0.524 e. The first-order valence-corrected chi connectivity index (χ1v) is 31.2. The zero-order valence-corrected chi connectivity index (χ0v) is 48.9. The minimum atomic E-state index is -4.76. The van der Waals surface area contributed by atoms with Crippen molar-refractivity contribution < 1.29 is 76.2 Å². The van der Waals surface area contributed by atoms with E-state index in [-0.39, 0.29) is 80.2 Å². The molecule has 4 saturated heterocycles. The van der Waals surface area contributed by atoms with Gasteiger partial charge < -0.3 is 66.0 Å². The van der Waals surface area contributed by atoms with Crippen LogP contribution >= 0.6 is 19.6 Å². The van der Waals surface area contributed by atoms with Crippen molar-refractivity contribution in [1.82, 2.24) is 36.8 Å². The molecule has 0 radical (unpaired) electrons. The molecule has 0 aromatic heterocycles. The number of ketones is 1. The molecule has 0 aliphatic carbocycles. The Morgan fingerprint density at radius 3 is 2.15 bits per heavy atom. The molecule has 10 N–H and O–H groups in total. The van der Waals surface area contributed by atoms with Crippen molar-refractivity contribution in [1.29, 1.82) is 0 Å². The lowest BCUT2D eigenvalue weighted by Crippen LogP contribution is -2.58. The number of Topliss-reactive ketones (excluding diaryl/α,β-unsaturated/α-hetero) is 1. The molecule has 6 rings (SSSR count). The van der Waals surface area contributed by atoms with Crippen molar-refractivity contribution in [2.75, 3.05) is 65.2 Å². The highest BCUT2D eigenvalue weighted by molar-refractivity contribution is 8.00. The van der Waals surface area contributed by atoms with Gasteiger partial charge in [0.2, 0.25) is 35.4 Å². The van der Waals surface area contributed by atoms with Gasteiger partial charge in [0.05, 0.1) is 58.3 Å². The Labute approximate surface area is 484 Å². The van der Waals surface area contributed by atoms with Gasteiger partial charge in [0.1, 0.15) is 29.7 Å². The Morgan fingerprint density at radius 2 is 1.48 bits per heavy atom. The number of urea groups is 1. The Kier molecular flexibility index (Phi) is 29.6. The first-order chi connectivity index (χ1) is 39.4. The molecule has 26 heteroatoms. The number of unbranched alkanes of at least 4 members (excludes halogenated alkanes) is 1. The maximum absolute atomic E-state index is 14.2. The quantitative estimate of drug-likeness (QED) is 0.0272. The molecule has 4 fully saturated rings. The monoisotopic (exact) mass is 1190 g/mol. The lowest BCUT2D eigenvalue weighted by Gasteiger charge is -2.36. The fraction of sp³-hybridized carbons (Fsp3) is 0.643. The van der Waals surface area contributed by atoms with Crippen LogP contribution in [0.4, 0.5) is 4.79 Å². The molecule has 4 aliphatic heterocycles. The average molecular weight is 1190 g/mol. The van der Waals surface area contributed by atoms with Crippen molar-refractivity contribution in [3.63, 3.8) is 0 Å². The lowest BCUT2D eigenvalue weighted by atomic mass is 9.91. The summed E-state index contributed by atoms with van der Waals surface area (Å²) >= 11 is 1.91. The summed E-state index contributed by atoms with van der Waals surface area (Å²) in [5.74, 6) is -2.60. The van der Waals surface area contributed by atoms with Gasteiger partial charge in [-0.05, 0) is 81.5 Å². The number of carbonyl (C=O) groups excluding carboxylic acids is 8. The third-order valence-electron chi connectivity index (χ3n) is 14.4. The number of rotatable bonds is 35. The molecular formula is C56H85N8O16PS. The Morgan fingerprint density at radius 1 is 0.793 bits per heavy atom. The van der Waals surface area contributed by atoms with Crippen LogP contribution in [0.5, 0.6) is 5.75 Å². The largest absolute Gasteiger partial charge is 0.524 e. The van der Waals surface area contributed by atoms with Crippen molar-refractivity contribution in [2.24, 2.45) is 11.7 Å². The molecule has 8 amide bonds. The summed E-state index contributed by atoms with van der Waals surface area (Å²) in [5.41, 5.74) is 6.82.